The van der Waals surface area contributed by atoms with Gasteiger partial charge in [0.1, 0.15) is 0 Å². The van der Waals surface area contributed by atoms with E-state index in [1.54, 1.807) is 0 Å². The van der Waals surface area contributed by atoms with Gasteiger partial charge in [-0.15, -0.1) is 0 Å². The number of fused-ring (bicyclic) bond motifs is 2. The van der Waals surface area contributed by atoms with E-state index in [9.17, 15) is 4.79 Å². The number of hydrogen-bond acceptors (Lipinski definition) is 5. The second kappa shape index (κ2) is 9.34. The molecule has 0 bridgehead atoms. The molecule has 3 aromatic carbocycles. The topological polar surface area (TPSA) is 59.4 Å². The number of halogens is 1. The minimum atomic E-state index is -0.107. The lowest BCUT2D eigenvalue weighted by Crippen LogP contribution is -2.36. The Morgan fingerprint density at radius 2 is 1.86 bits per heavy atom. The smallest absolute Gasteiger partial charge is 0.230 e. The van der Waals surface area contributed by atoms with Gasteiger partial charge in [-0.1, -0.05) is 41.1 Å². The van der Waals surface area contributed by atoms with Crippen LogP contribution < -0.4 is 10.2 Å². The summed E-state index contributed by atoms with van der Waals surface area (Å²) < 4.78 is 8.61. The Hall–Kier alpha value is -3.39. The zero-order valence-corrected chi connectivity index (χ0v) is 20.5. The highest BCUT2D eigenvalue weighted by Gasteiger charge is 2.16. The predicted molar refractivity (Wildman–Crippen MR) is 143 cm³/mol. The van der Waals surface area contributed by atoms with Crippen molar-refractivity contribution >= 4 is 60.8 Å². The Labute approximate surface area is 211 Å². The van der Waals surface area contributed by atoms with Gasteiger partial charge < -0.3 is 19.5 Å². The maximum atomic E-state index is 13.0. The van der Waals surface area contributed by atoms with Crippen molar-refractivity contribution in [2.45, 2.75) is 6.42 Å². The predicted octanol–water partition coefficient (Wildman–Crippen LogP) is 5.91. The molecule has 35 heavy (non-hydrogen) atoms. The van der Waals surface area contributed by atoms with E-state index in [1.165, 1.54) is 11.3 Å². The number of aromatic nitrogens is 2. The van der Waals surface area contributed by atoms with Crippen molar-refractivity contribution in [3.63, 3.8) is 0 Å². The van der Waals surface area contributed by atoms with Crippen LogP contribution in [-0.2, 0) is 16.0 Å². The van der Waals surface area contributed by atoms with Gasteiger partial charge in [-0.2, -0.15) is 0 Å². The SMILES string of the molecule is O=C(Cc1cn(-c2ccccc2)c2ccc(Cl)cc12)Nc1nc2ccc(N3CCOCC3)cc2s1. The third-order valence-corrected chi connectivity index (χ3v) is 7.40. The monoisotopic (exact) mass is 502 g/mol. The Morgan fingerprint density at radius 3 is 2.69 bits per heavy atom. The van der Waals surface area contributed by atoms with Crippen LogP contribution in [0.2, 0.25) is 5.02 Å². The molecule has 1 aliphatic rings. The number of benzene rings is 3. The van der Waals surface area contributed by atoms with E-state index in [1.807, 2.05) is 60.8 Å². The molecule has 6 nitrogen and oxygen atoms in total. The van der Waals surface area contributed by atoms with E-state index in [0.29, 0.717) is 10.2 Å². The van der Waals surface area contributed by atoms with Gasteiger partial charge in [0.05, 0.1) is 35.4 Å². The molecule has 1 saturated heterocycles. The zero-order valence-electron chi connectivity index (χ0n) is 18.9. The van der Waals surface area contributed by atoms with Crippen molar-refractivity contribution in [3.8, 4) is 5.69 Å². The molecule has 0 saturated carbocycles. The molecule has 2 aromatic heterocycles. The molecule has 176 valence electrons. The maximum absolute atomic E-state index is 13.0. The highest BCUT2D eigenvalue weighted by Crippen LogP contribution is 2.31. The minimum absolute atomic E-state index is 0.107. The van der Waals surface area contributed by atoms with Gasteiger partial charge in [-0.3, -0.25) is 4.79 Å². The summed E-state index contributed by atoms with van der Waals surface area (Å²) in [5.74, 6) is -0.107. The van der Waals surface area contributed by atoms with Gasteiger partial charge in [0.25, 0.3) is 0 Å². The van der Waals surface area contributed by atoms with Crippen LogP contribution in [-0.4, -0.2) is 41.8 Å². The van der Waals surface area contributed by atoms with Crippen LogP contribution in [0.5, 0.6) is 0 Å². The number of para-hydroxylation sites is 1. The lowest BCUT2D eigenvalue weighted by Gasteiger charge is -2.28. The van der Waals surface area contributed by atoms with Crippen molar-refractivity contribution in [2.24, 2.45) is 0 Å². The summed E-state index contributed by atoms with van der Waals surface area (Å²) in [5, 5.41) is 5.22. The van der Waals surface area contributed by atoms with E-state index >= 15 is 0 Å². The zero-order chi connectivity index (χ0) is 23.8. The molecule has 8 heteroatoms. The van der Waals surface area contributed by atoms with Crippen molar-refractivity contribution in [3.05, 3.63) is 83.5 Å². The molecule has 0 spiro atoms. The Balaban J connectivity index is 1.25. The van der Waals surface area contributed by atoms with E-state index in [0.717, 1.165) is 64.4 Å². The molecule has 6 rings (SSSR count). The number of carbonyl (C=O) groups excluding carboxylic acids is 1. The molecular weight excluding hydrogens is 480 g/mol. The second-order valence-corrected chi connectivity index (χ2v) is 9.98. The summed E-state index contributed by atoms with van der Waals surface area (Å²) in [6, 6.07) is 22.1. The molecule has 1 fully saturated rings. The summed E-state index contributed by atoms with van der Waals surface area (Å²) in [4.78, 5) is 20.0. The summed E-state index contributed by atoms with van der Waals surface area (Å²) in [7, 11) is 0. The third kappa shape index (κ3) is 4.50. The van der Waals surface area contributed by atoms with Crippen LogP contribution in [0.15, 0.2) is 72.9 Å². The van der Waals surface area contributed by atoms with Crippen LogP contribution in [0.1, 0.15) is 5.56 Å². The summed E-state index contributed by atoms with van der Waals surface area (Å²) in [5.41, 5.74) is 5.01. The number of anilines is 2. The van der Waals surface area contributed by atoms with Crippen LogP contribution in [0.4, 0.5) is 10.8 Å². The van der Waals surface area contributed by atoms with Gasteiger partial charge in [0.2, 0.25) is 5.91 Å². The maximum Gasteiger partial charge on any atom is 0.230 e. The molecule has 0 atom stereocenters. The fraction of sp³-hybridized carbons (Fsp3) is 0.185. The first-order valence-corrected chi connectivity index (χ1v) is 12.7. The van der Waals surface area contributed by atoms with Gasteiger partial charge >= 0.3 is 0 Å². The Bertz CT molecular complexity index is 1520. The Kier molecular flexibility index (Phi) is 5.90. The highest BCUT2D eigenvalue weighted by molar-refractivity contribution is 7.22. The van der Waals surface area contributed by atoms with Crippen molar-refractivity contribution in [1.29, 1.82) is 0 Å². The van der Waals surface area contributed by atoms with E-state index in [4.69, 9.17) is 16.3 Å². The van der Waals surface area contributed by atoms with Gasteiger partial charge in [-0.05, 0) is 54.1 Å². The minimum Gasteiger partial charge on any atom is -0.378 e. The standard InChI is InChI=1S/C27H23ClN4O2S/c28-19-6-9-24-22(15-19)18(17-32(24)20-4-2-1-3-5-20)14-26(33)30-27-29-23-8-7-21(16-25(23)35-27)31-10-12-34-13-11-31/h1-9,15-17H,10-14H2,(H,29,30,33). The van der Waals surface area contributed by atoms with Crippen molar-refractivity contribution in [1.82, 2.24) is 9.55 Å². The number of ether oxygens (including phenoxy) is 1. The lowest BCUT2D eigenvalue weighted by molar-refractivity contribution is -0.115. The summed E-state index contributed by atoms with van der Waals surface area (Å²) in [6.45, 7) is 3.25. The largest absolute Gasteiger partial charge is 0.378 e. The lowest BCUT2D eigenvalue weighted by atomic mass is 10.1. The quantitative estimate of drug-likeness (QED) is 0.324. The van der Waals surface area contributed by atoms with Gasteiger partial charge in [0, 0.05) is 41.1 Å². The van der Waals surface area contributed by atoms with Crippen molar-refractivity contribution in [2.75, 3.05) is 36.5 Å². The third-order valence-electron chi connectivity index (χ3n) is 6.23. The average molecular weight is 503 g/mol. The van der Waals surface area contributed by atoms with Crippen LogP contribution in [0.3, 0.4) is 0 Å². The van der Waals surface area contributed by atoms with E-state index in [2.05, 4.69) is 31.9 Å². The number of amides is 1. The molecule has 1 amide bonds. The van der Waals surface area contributed by atoms with Crippen molar-refractivity contribution < 1.29 is 9.53 Å². The highest BCUT2D eigenvalue weighted by atomic mass is 35.5. The molecule has 0 aliphatic carbocycles. The van der Waals surface area contributed by atoms with Crippen LogP contribution in [0, 0.1) is 0 Å². The van der Waals surface area contributed by atoms with Crippen LogP contribution >= 0.6 is 22.9 Å². The molecule has 3 heterocycles. The molecule has 1 aliphatic heterocycles. The molecule has 0 unspecified atom stereocenters. The average Bonchev–Trinajstić information content (AvgIpc) is 3.45. The first-order valence-electron chi connectivity index (χ1n) is 11.5. The fourth-order valence-electron chi connectivity index (χ4n) is 4.53. The van der Waals surface area contributed by atoms with E-state index < -0.39 is 0 Å². The molecular formula is C27H23ClN4O2S. The van der Waals surface area contributed by atoms with Gasteiger partial charge in [-0.25, -0.2) is 4.98 Å². The Morgan fingerprint density at radius 1 is 1.03 bits per heavy atom. The number of rotatable bonds is 5. The second-order valence-electron chi connectivity index (χ2n) is 8.52. The van der Waals surface area contributed by atoms with Crippen LogP contribution in [0.25, 0.3) is 26.8 Å². The number of carbonyl (C=O) groups is 1. The van der Waals surface area contributed by atoms with E-state index in [-0.39, 0.29) is 12.3 Å². The number of nitrogens with zero attached hydrogens (tertiary/aromatic N) is 3. The normalized spacial score (nSPS) is 14.0. The summed E-state index contributed by atoms with van der Waals surface area (Å²) in [6.07, 6.45) is 2.24. The molecule has 0 radical (unpaired) electrons. The number of morpholine rings is 1. The number of nitrogens with one attached hydrogen (secondary N) is 1. The molecule has 1 N–H and O–H groups in total. The first kappa shape index (κ1) is 22.1. The molecule has 5 aromatic rings. The fourth-order valence-corrected chi connectivity index (χ4v) is 5.62. The number of thiazole rings is 1. The van der Waals surface area contributed by atoms with Gasteiger partial charge in [0.15, 0.2) is 5.13 Å². The number of hydrogen-bond donors (Lipinski definition) is 1. The first-order chi connectivity index (χ1) is 17.1. The summed E-state index contributed by atoms with van der Waals surface area (Å²) >= 11 is 7.79.